The molecule has 0 atom stereocenters. The van der Waals surface area contributed by atoms with E-state index in [0.717, 1.165) is 22.3 Å². The second kappa shape index (κ2) is 9.45. The zero-order chi connectivity index (χ0) is 26.2. The van der Waals surface area contributed by atoms with Gasteiger partial charge in [-0.15, -0.1) is 0 Å². The molecular formula is C27H28N6O4. The largest absolute Gasteiger partial charge is 0.497 e. The lowest BCUT2D eigenvalue weighted by Crippen LogP contribution is -2.35. The van der Waals surface area contributed by atoms with Crippen LogP contribution >= 0.6 is 0 Å². The molecule has 4 aromatic rings. The Bertz CT molecular complexity index is 1490. The van der Waals surface area contributed by atoms with Crippen molar-refractivity contribution in [2.75, 3.05) is 25.9 Å². The number of nitrogens with zero attached hydrogens (tertiary/aromatic N) is 5. The molecule has 0 saturated heterocycles. The number of nitrogen functional groups attached to an aromatic ring is 1. The summed E-state index contributed by atoms with van der Waals surface area (Å²) in [7, 11) is 1.59. The second-order valence-electron chi connectivity index (χ2n) is 9.56. The van der Waals surface area contributed by atoms with Gasteiger partial charge in [-0.25, -0.2) is 19.7 Å². The van der Waals surface area contributed by atoms with Crippen molar-refractivity contribution >= 4 is 23.1 Å². The fraction of sp³-hybridized carbons (Fsp3) is 0.259. The Morgan fingerprint density at radius 3 is 2.51 bits per heavy atom. The lowest BCUT2D eigenvalue weighted by atomic mass is 10.2. The maximum Gasteiger partial charge on any atom is 0.410 e. The van der Waals surface area contributed by atoms with E-state index in [1.165, 1.54) is 0 Å². The zero-order valence-corrected chi connectivity index (χ0v) is 21.1. The predicted octanol–water partition coefficient (Wildman–Crippen LogP) is 4.81. The van der Waals surface area contributed by atoms with E-state index in [2.05, 4.69) is 9.97 Å². The van der Waals surface area contributed by atoms with Crippen molar-refractivity contribution in [2.24, 2.45) is 0 Å². The fourth-order valence-electron chi connectivity index (χ4n) is 4.05. The molecule has 0 radical (unpaired) electrons. The van der Waals surface area contributed by atoms with Gasteiger partial charge in [-0.1, -0.05) is 6.08 Å². The molecule has 0 bridgehead atoms. The van der Waals surface area contributed by atoms with Gasteiger partial charge in [-0.3, -0.25) is 4.40 Å². The van der Waals surface area contributed by atoms with Crippen LogP contribution in [0.5, 0.6) is 17.4 Å². The van der Waals surface area contributed by atoms with Crippen LogP contribution in [0.25, 0.3) is 22.5 Å². The number of fused-ring (bicyclic) bond motifs is 1. The lowest BCUT2D eigenvalue weighted by Gasteiger charge is -2.24. The number of hydrogen-bond donors (Lipinski definition) is 1. The van der Waals surface area contributed by atoms with Crippen molar-refractivity contribution in [1.82, 2.24) is 24.3 Å². The summed E-state index contributed by atoms with van der Waals surface area (Å²) in [6.07, 6.45) is 4.91. The predicted molar refractivity (Wildman–Crippen MR) is 139 cm³/mol. The SMILES string of the molecule is COc1ccnc(Oc2ccc(-c3nc(C4=CCN(C(=O)OC(C)(C)C)C4)c4ccnc(N)n34)cc2)c1. The lowest BCUT2D eigenvalue weighted by molar-refractivity contribution is 0.0306. The third-order valence-corrected chi connectivity index (χ3v) is 5.73. The smallest absolute Gasteiger partial charge is 0.410 e. The number of methoxy groups -OCH3 is 1. The molecular weight excluding hydrogens is 472 g/mol. The van der Waals surface area contributed by atoms with Gasteiger partial charge in [0.1, 0.15) is 22.9 Å². The van der Waals surface area contributed by atoms with Gasteiger partial charge in [0.15, 0.2) is 0 Å². The molecule has 2 N–H and O–H groups in total. The van der Waals surface area contributed by atoms with Crippen molar-refractivity contribution < 1.29 is 19.0 Å². The quantitative estimate of drug-likeness (QED) is 0.415. The number of rotatable bonds is 5. The first-order valence-corrected chi connectivity index (χ1v) is 11.8. The van der Waals surface area contributed by atoms with E-state index in [4.69, 9.17) is 24.9 Å². The topological polar surface area (TPSA) is 117 Å². The molecule has 5 rings (SSSR count). The van der Waals surface area contributed by atoms with Gasteiger partial charge >= 0.3 is 6.09 Å². The van der Waals surface area contributed by atoms with Crippen LogP contribution in [0.3, 0.4) is 0 Å². The van der Waals surface area contributed by atoms with Gasteiger partial charge in [0.05, 0.1) is 24.9 Å². The van der Waals surface area contributed by atoms with E-state index in [1.54, 1.807) is 36.5 Å². The Morgan fingerprint density at radius 1 is 1.03 bits per heavy atom. The summed E-state index contributed by atoms with van der Waals surface area (Å²) < 4.78 is 18.4. The first-order chi connectivity index (χ1) is 17.7. The molecule has 3 aromatic heterocycles. The minimum atomic E-state index is -0.563. The number of anilines is 1. The van der Waals surface area contributed by atoms with E-state index in [9.17, 15) is 4.79 Å². The summed E-state index contributed by atoms with van der Waals surface area (Å²) in [5, 5.41) is 0. The number of imidazole rings is 1. The number of nitrogens with two attached hydrogens (primary N) is 1. The molecule has 0 aliphatic carbocycles. The van der Waals surface area contributed by atoms with E-state index in [-0.39, 0.29) is 6.09 Å². The minimum Gasteiger partial charge on any atom is -0.497 e. The van der Waals surface area contributed by atoms with E-state index < -0.39 is 5.60 Å². The zero-order valence-electron chi connectivity index (χ0n) is 21.1. The fourth-order valence-corrected chi connectivity index (χ4v) is 4.05. The highest BCUT2D eigenvalue weighted by Gasteiger charge is 2.28. The maximum absolute atomic E-state index is 12.6. The number of pyridine rings is 1. The van der Waals surface area contributed by atoms with Crippen LogP contribution in [0.4, 0.5) is 10.7 Å². The summed E-state index contributed by atoms with van der Waals surface area (Å²) in [6, 6.07) is 12.8. The molecule has 10 nitrogen and oxygen atoms in total. The number of carbonyl (C=O) groups is 1. The Kier molecular flexibility index (Phi) is 6.16. The van der Waals surface area contributed by atoms with Gasteiger partial charge in [0.25, 0.3) is 0 Å². The van der Waals surface area contributed by atoms with Crippen molar-refractivity contribution in [1.29, 1.82) is 0 Å². The van der Waals surface area contributed by atoms with Gasteiger partial charge in [-0.2, -0.15) is 0 Å². The monoisotopic (exact) mass is 500 g/mol. The van der Waals surface area contributed by atoms with Gasteiger partial charge < -0.3 is 24.8 Å². The Labute approximate surface area is 214 Å². The van der Waals surface area contributed by atoms with Crippen molar-refractivity contribution in [3.8, 4) is 28.8 Å². The number of hydrogen-bond acceptors (Lipinski definition) is 8. The molecule has 0 saturated carbocycles. The van der Waals surface area contributed by atoms with E-state index >= 15 is 0 Å². The molecule has 1 aliphatic heterocycles. The first kappa shape index (κ1) is 24.1. The third kappa shape index (κ3) is 5.04. The van der Waals surface area contributed by atoms with Crippen LogP contribution < -0.4 is 15.2 Å². The summed E-state index contributed by atoms with van der Waals surface area (Å²) in [6.45, 7) is 6.39. The molecule has 10 heteroatoms. The van der Waals surface area contributed by atoms with Crippen LogP contribution in [0.2, 0.25) is 0 Å². The summed E-state index contributed by atoms with van der Waals surface area (Å²) in [4.78, 5) is 27.6. The molecule has 1 aromatic carbocycles. The Balaban J connectivity index is 1.43. The molecule has 190 valence electrons. The highest BCUT2D eigenvalue weighted by Crippen LogP contribution is 2.32. The molecule has 1 aliphatic rings. The van der Waals surface area contributed by atoms with Crippen LogP contribution in [0.1, 0.15) is 26.5 Å². The number of benzene rings is 1. The van der Waals surface area contributed by atoms with Crippen LogP contribution in [0.15, 0.2) is 60.9 Å². The van der Waals surface area contributed by atoms with Gasteiger partial charge in [-0.05, 0) is 62.7 Å². The first-order valence-electron chi connectivity index (χ1n) is 11.8. The third-order valence-electron chi connectivity index (χ3n) is 5.73. The maximum atomic E-state index is 12.6. The normalized spacial score (nSPS) is 13.5. The molecule has 0 spiro atoms. The van der Waals surface area contributed by atoms with Crippen LogP contribution in [0, 0.1) is 0 Å². The van der Waals surface area contributed by atoms with Crippen molar-refractivity contribution in [3.05, 3.63) is 66.6 Å². The average Bonchev–Trinajstić information content (AvgIpc) is 3.50. The molecule has 0 unspecified atom stereocenters. The number of aromatic nitrogens is 4. The molecule has 4 heterocycles. The minimum absolute atomic E-state index is 0.315. The standard InChI is InChI=1S/C27H28N6O4/c1-27(2,3)37-26(34)32-14-11-18(16-32)23-21-10-13-30-25(28)33(21)24(31-23)17-5-7-19(8-6-17)36-22-15-20(35-4)9-12-29-22/h5-13,15H,14,16H2,1-4H3,(H2,28,30). The van der Waals surface area contributed by atoms with Gasteiger partial charge in [0.2, 0.25) is 11.8 Å². The number of ether oxygens (including phenoxy) is 3. The molecule has 0 fully saturated rings. The summed E-state index contributed by atoms with van der Waals surface area (Å²) in [5.41, 5.74) is 9.01. The highest BCUT2D eigenvalue weighted by molar-refractivity contribution is 5.84. The Hall–Kier alpha value is -4.60. The average molecular weight is 501 g/mol. The summed E-state index contributed by atoms with van der Waals surface area (Å²) in [5.74, 6) is 2.65. The van der Waals surface area contributed by atoms with Crippen LogP contribution in [-0.2, 0) is 4.74 Å². The van der Waals surface area contributed by atoms with Crippen molar-refractivity contribution in [3.63, 3.8) is 0 Å². The second-order valence-corrected chi connectivity index (χ2v) is 9.56. The Morgan fingerprint density at radius 2 is 1.78 bits per heavy atom. The highest BCUT2D eigenvalue weighted by atomic mass is 16.6. The number of amides is 1. The van der Waals surface area contributed by atoms with E-state index in [0.29, 0.717) is 42.2 Å². The van der Waals surface area contributed by atoms with E-state index in [1.807, 2.05) is 61.6 Å². The molecule has 1 amide bonds. The van der Waals surface area contributed by atoms with Crippen molar-refractivity contribution in [2.45, 2.75) is 26.4 Å². The molecule has 37 heavy (non-hydrogen) atoms. The summed E-state index contributed by atoms with van der Waals surface area (Å²) >= 11 is 0. The van der Waals surface area contributed by atoms with Gasteiger partial charge in [0, 0.05) is 30.6 Å². The number of carbonyl (C=O) groups excluding carboxylic acids is 1. The van der Waals surface area contributed by atoms with Crippen LogP contribution in [-0.4, -0.2) is 56.1 Å².